The lowest BCUT2D eigenvalue weighted by molar-refractivity contribution is -0.116. The van der Waals surface area contributed by atoms with Crippen molar-refractivity contribution < 1.29 is 4.79 Å². The maximum absolute atomic E-state index is 12.0. The molecule has 1 aliphatic heterocycles. The summed E-state index contributed by atoms with van der Waals surface area (Å²) in [6, 6.07) is 4.37. The van der Waals surface area contributed by atoms with Gasteiger partial charge in [-0.2, -0.15) is 5.26 Å². The molecule has 0 saturated carbocycles. The van der Waals surface area contributed by atoms with Gasteiger partial charge in [-0.3, -0.25) is 9.69 Å². The molecule has 108 valence electrons. The number of carbonyl (C=O) groups is 1. The molecule has 6 heteroatoms. The van der Waals surface area contributed by atoms with Crippen molar-refractivity contribution in [2.24, 2.45) is 0 Å². The van der Waals surface area contributed by atoms with Gasteiger partial charge in [-0.1, -0.05) is 6.92 Å². The highest BCUT2D eigenvalue weighted by atomic mass is 32.1. The van der Waals surface area contributed by atoms with E-state index in [-0.39, 0.29) is 5.91 Å². The molecule has 20 heavy (non-hydrogen) atoms. The summed E-state index contributed by atoms with van der Waals surface area (Å²) in [5, 5.41) is 17.5. The van der Waals surface area contributed by atoms with Crippen molar-refractivity contribution in [3.8, 4) is 6.07 Å². The number of nitriles is 1. The smallest absolute Gasteiger partial charge is 0.226 e. The first-order valence-corrected chi connectivity index (χ1v) is 7.84. The van der Waals surface area contributed by atoms with Crippen LogP contribution in [-0.4, -0.2) is 43.0 Å². The van der Waals surface area contributed by atoms with Crippen LogP contribution < -0.4 is 10.6 Å². The second-order valence-electron chi connectivity index (χ2n) is 4.92. The first-order chi connectivity index (χ1) is 9.74. The van der Waals surface area contributed by atoms with E-state index in [0.29, 0.717) is 23.0 Å². The van der Waals surface area contributed by atoms with Crippen LogP contribution >= 0.6 is 11.3 Å². The monoisotopic (exact) mass is 292 g/mol. The third-order valence-electron chi connectivity index (χ3n) is 3.45. The maximum Gasteiger partial charge on any atom is 0.226 e. The molecule has 0 aromatic carbocycles. The number of anilines is 1. The summed E-state index contributed by atoms with van der Waals surface area (Å²) in [5.74, 6) is -0.0164. The summed E-state index contributed by atoms with van der Waals surface area (Å²) in [7, 11) is 0. The normalized spacial score (nSPS) is 14.8. The summed E-state index contributed by atoms with van der Waals surface area (Å²) in [6.45, 7) is 6.00. The Bertz CT molecular complexity index is 490. The van der Waals surface area contributed by atoms with Crippen molar-refractivity contribution in [1.29, 1.82) is 5.26 Å². The molecule has 2 rings (SSSR count). The van der Waals surface area contributed by atoms with Crippen molar-refractivity contribution in [1.82, 2.24) is 10.2 Å². The summed E-state index contributed by atoms with van der Waals surface area (Å²) in [4.78, 5) is 14.3. The molecule has 1 amide bonds. The van der Waals surface area contributed by atoms with Gasteiger partial charge >= 0.3 is 0 Å². The van der Waals surface area contributed by atoms with Crippen LogP contribution in [0.25, 0.3) is 0 Å². The molecular formula is C14H20N4OS. The summed E-state index contributed by atoms with van der Waals surface area (Å²) in [5.41, 5.74) is 0.539. The Morgan fingerprint density at radius 1 is 1.60 bits per heavy atom. The van der Waals surface area contributed by atoms with Gasteiger partial charge in [-0.25, -0.2) is 0 Å². The first kappa shape index (κ1) is 15.0. The van der Waals surface area contributed by atoms with E-state index < -0.39 is 0 Å². The van der Waals surface area contributed by atoms with Crippen LogP contribution in [0.4, 0.5) is 5.00 Å². The molecule has 0 bridgehead atoms. The van der Waals surface area contributed by atoms with E-state index in [2.05, 4.69) is 28.5 Å². The molecule has 1 aromatic heterocycles. The van der Waals surface area contributed by atoms with Crippen molar-refractivity contribution in [3.05, 3.63) is 17.0 Å². The van der Waals surface area contributed by atoms with Gasteiger partial charge in [0, 0.05) is 32.1 Å². The molecule has 0 atom stereocenters. The lowest BCUT2D eigenvalue weighted by Crippen LogP contribution is -2.57. The molecule has 5 nitrogen and oxygen atoms in total. The molecule has 2 N–H and O–H groups in total. The Balaban J connectivity index is 1.80. The van der Waals surface area contributed by atoms with E-state index in [1.165, 1.54) is 11.3 Å². The van der Waals surface area contributed by atoms with Crippen LogP contribution in [0.2, 0.25) is 0 Å². The van der Waals surface area contributed by atoms with E-state index in [1.807, 2.05) is 5.38 Å². The molecule has 0 aliphatic carbocycles. The van der Waals surface area contributed by atoms with Crippen LogP contribution in [0.3, 0.4) is 0 Å². The number of nitrogens with zero attached hydrogens (tertiary/aromatic N) is 2. The fraction of sp³-hybridized carbons (Fsp3) is 0.571. The zero-order valence-corrected chi connectivity index (χ0v) is 12.5. The van der Waals surface area contributed by atoms with Gasteiger partial charge < -0.3 is 10.6 Å². The van der Waals surface area contributed by atoms with E-state index in [4.69, 9.17) is 5.26 Å². The zero-order valence-electron chi connectivity index (χ0n) is 11.7. The van der Waals surface area contributed by atoms with Crippen molar-refractivity contribution in [2.75, 3.05) is 31.5 Å². The molecule has 1 saturated heterocycles. The Hall–Kier alpha value is -1.42. The Labute approximate surface area is 123 Å². The van der Waals surface area contributed by atoms with Gasteiger partial charge in [-0.05, 0) is 24.4 Å². The molecule has 1 aliphatic rings. The quantitative estimate of drug-likeness (QED) is 0.801. The highest BCUT2D eigenvalue weighted by Gasteiger charge is 2.24. The van der Waals surface area contributed by atoms with Gasteiger partial charge in [0.25, 0.3) is 0 Å². The van der Waals surface area contributed by atoms with Crippen LogP contribution in [-0.2, 0) is 4.79 Å². The number of rotatable bonds is 7. The van der Waals surface area contributed by atoms with Gasteiger partial charge in [0.05, 0.1) is 5.56 Å². The molecule has 0 radical (unpaired) electrons. The van der Waals surface area contributed by atoms with Crippen molar-refractivity contribution in [3.63, 3.8) is 0 Å². The van der Waals surface area contributed by atoms with Gasteiger partial charge in [0.2, 0.25) is 5.91 Å². The maximum atomic E-state index is 12.0. The van der Waals surface area contributed by atoms with E-state index >= 15 is 0 Å². The largest absolute Gasteiger partial charge is 0.317 e. The Morgan fingerprint density at radius 2 is 2.40 bits per heavy atom. The highest BCUT2D eigenvalue weighted by molar-refractivity contribution is 7.14. The zero-order chi connectivity index (χ0) is 14.4. The molecule has 1 aromatic rings. The minimum atomic E-state index is -0.0164. The van der Waals surface area contributed by atoms with E-state index in [9.17, 15) is 4.79 Å². The van der Waals surface area contributed by atoms with Gasteiger partial charge in [-0.15, -0.1) is 11.3 Å². The Morgan fingerprint density at radius 3 is 3.00 bits per heavy atom. The standard InChI is InChI=1S/C14H20N4OS/c1-2-5-18(12-9-16-10-12)6-3-13(19)17-14-11(8-15)4-7-20-14/h4,7,12,16H,2-3,5-6,9-10H2,1H3,(H,17,19). The summed E-state index contributed by atoms with van der Waals surface area (Å²) >= 11 is 1.39. The molecular weight excluding hydrogens is 272 g/mol. The SMILES string of the molecule is CCCN(CCC(=O)Nc1sccc1C#N)C1CNC1. The number of hydrogen-bond acceptors (Lipinski definition) is 5. The summed E-state index contributed by atoms with van der Waals surface area (Å²) < 4.78 is 0. The lowest BCUT2D eigenvalue weighted by Gasteiger charge is -2.38. The molecule has 2 heterocycles. The minimum Gasteiger partial charge on any atom is -0.317 e. The molecule has 0 spiro atoms. The Kier molecular flexibility index (Phi) is 5.53. The van der Waals surface area contributed by atoms with Crippen LogP contribution in [0, 0.1) is 11.3 Å². The topological polar surface area (TPSA) is 68.2 Å². The molecule has 0 unspecified atom stereocenters. The van der Waals surface area contributed by atoms with Gasteiger partial charge in [0.1, 0.15) is 11.1 Å². The fourth-order valence-electron chi connectivity index (χ4n) is 2.22. The number of amides is 1. The summed E-state index contributed by atoms with van der Waals surface area (Å²) in [6.07, 6.45) is 1.57. The third kappa shape index (κ3) is 3.79. The molecule has 1 fully saturated rings. The second kappa shape index (κ2) is 7.39. The predicted molar refractivity (Wildman–Crippen MR) is 80.8 cm³/mol. The van der Waals surface area contributed by atoms with Crippen LogP contribution in [0.15, 0.2) is 11.4 Å². The van der Waals surface area contributed by atoms with Crippen LogP contribution in [0.1, 0.15) is 25.3 Å². The lowest BCUT2D eigenvalue weighted by atomic mass is 10.1. The third-order valence-corrected chi connectivity index (χ3v) is 4.28. The van der Waals surface area contributed by atoms with Gasteiger partial charge in [0.15, 0.2) is 0 Å². The van der Waals surface area contributed by atoms with E-state index in [1.54, 1.807) is 6.07 Å². The second-order valence-corrected chi connectivity index (χ2v) is 5.84. The fourth-order valence-corrected chi connectivity index (χ4v) is 2.98. The van der Waals surface area contributed by atoms with Crippen LogP contribution in [0.5, 0.6) is 0 Å². The average molecular weight is 292 g/mol. The van der Waals surface area contributed by atoms with E-state index in [0.717, 1.165) is 32.6 Å². The first-order valence-electron chi connectivity index (χ1n) is 6.96. The predicted octanol–water partition coefficient (Wildman–Crippen LogP) is 1.63. The van der Waals surface area contributed by atoms with Crippen molar-refractivity contribution >= 4 is 22.2 Å². The number of nitrogens with one attached hydrogen (secondary N) is 2. The van der Waals surface area contributed by atoms with Crippen molar-refractivity contribution in [2.45, 2.75) is 25.8 Å². The number of carbonyl (C=O) groups excluding carboxylic acids is 1. The highest BCUT2D eigenvalue weighted by Crippen LogP contribution is 2.22. The number of hydrogen-bond donors (Lipinski definition) is 2. The average Bonchev–Trinajstić information content (AvgIpc) is 2.81. The minimum absolute atomic E-state index is 0.0164. The number of thiophene rings is 1.